The number of aliphatic hydroxyl groups excluding tert-OH is 1. The van der Waals surface area contributed by atoms with Gasteiger partial charge in [0.2, 0.25) is 0 Å². The Kier molecular flexibility index (Phi) is 8.15. The number of carbonyl (C=O) groups is 1. The Bertz CT molecular complexity index is 1050. The molecule has 0 atom stereocenters. The average molecular weight is 469 g/mol. The Morgan fingerprint density at radius 2 is 1.94 bits per heavy atom. The van der Waals surface area contributed by atoms with Crippen molar-refractivity contribution < 1.29 is 19.2 Å². The second kappa shape index (κ2) is 11.5. The minimum Gasteiger partial charge on any atom is -0.490 e. The van der Waals surface area contributed by atoms with Gasteiger partial charge in [-0.25, -0.2) is 0 Å². The molecule has 2 heterocycles. The molecule has 174 valence electrons. The number of ketones is 1. The second-order valence-electron chi connectivity index (χ2n) is 8.44. The van der Waals surface area contributed by atoms with Gasteiger partial charge in [0.25, 0.3) is 0 Å². The third kappa shape index (κ3) is 6.44. The van der Waals surface area contributed by atoms with E-state index in [9.17, 15) is 4.79 Å². The van der Waals surface area contributed by atoms with Crippen molar-refractivity contribution in [3.63, 3.8) is 0 Å². The molecule has 1 aromatic heterocycles. The van der Waals surface area contributed by atoms with Gasteiger partial charge in [0.05, 0.1) is 18.2 Å². The van der Waals surface area contributed by atoms with E-state index >= 15 is 0 Å². The van der Waals surface area contributed by atoms with Gasteiger partial charge in [0.15, 0.2) is 11.5 Å². The minimum atomic E-state index is -0.0994. The number of rotatable bonds is 10. The van der Waals surface area contributed by atoms with Gasteiger partial charge in [-0.15, -0.1) is 0 Å². The maximum Gasteiger partial charge on any atom is 0.163 e. The zero-order valence-electron chi connectivity index (χ0n) is 18.6. The molecule has 6 nitrogen and oxygen atoms in total. The van der Waals surface area contributed by atoms with Gasteiger partial charge < -0.3 is 14.4 Å². The molecule has 1 N–H and O–H groups in total. The number of hydrogen-bond donors (Lipinski definition) is 1. The first-order valence-electron chi connectivity index (χ1n) is 11.4. The number of hydrogen-bond acceptors (Lipinski definition) is 6. The lowest BCUT2D eigenvalue weighted by Crippen LogP contribution is -2.33. The number of nitrogens with zero attached hydrogens (tertiary/aromatic N) is 2. The van der Waals surface area contributed by atoms with Gasteiger partial charge in [-0.05, 0) is 56.5 Å². The first-order valence-corrected chi connectivity index (χ1v) is 11.8. The summed E-state index contributed by atoms with van der Waals surface area (Å²) in [6, 6.07) is 17.1. The molecule has 0 amide bonds. The minimum absolute atomic E-state index is 0.0954. The van der Waals surface area contributed by atoms with E-state index in [-0.39, 0.29) is 19.0 Å². The van der Waals surface area contributed by atoms with Crippen molar-refractivity contribution in [2.75, 3.05) is 26.3 Å². The summed E-state index contributed by atoms with van der Waals surface area (Å²) in [5.41, 5.74) is 2.53. The number of Topliss-reactive ketones (excluding diaryl/α,β-unsaturated/α-hetero) is 1. The summed E-state index contributed by atoms with van der Waals surface area (Å²) in [4.78, 5) is 15.1. The van der Waals surface area contributed by atoms with Gasteiger partial charge in [0.1, 0.15) is 18.1 Å². The van der Waals surface area contributed by atoms with Crippen LogP contribution in [0.5, 0.6) is 5.75 Å². The highest BCUT2D eigenvalue weighted by atomic mass is 35.5. The predicted octanol–water partition coefficient (Wildman–Crippen LogP) is 5.24. The average Bonchev–Trinajstić information content (AvgIpc) is 3.32. The zero-order valence-corrected chi connectivity index (χ0v) is 19.3. The SMILES string of the molecule is O=C(CCC1CCN(Cc2cc(-c3ccccc3)no2)CC1)c1ccc(Cl)c(OCCO)c1. The van der Waals surface area contributed by atoms with Crippen LogP contribution >= 0.6 is 11.6 Å². The summed E-state index contributed by atoms with van der Waals surface area (Å²) in [5.74, 6) is 1.95. The Morgan fingerprint density at radius 1 is 1.15 bits per heavy atom. The molecule has 0 radical (unpaired) electrons. The fourth-order valence-electron chi connectivity index (χ4n) is 4.21. The van der Waals surface area contributed by atoms with E-state index in [1.807, 2.05) is 36.4 Å². The summed E-state index contributed by atoms with van der Waals surface area (Å²) in [7, 11) is 0. The first kappa shape index (κ1) is 23.5. The van der Waals surface area contributed by atoms with E-state index < -0.39 is 0 Å². The van der Waals surface area contributed by atoms with Crippen molar-refractivity contribution in [1.29, 1.82) is 0 Å². The third-order valence-electron chi connectivity index (χ3n) is 6.10. The number of ether oxygens (including phenoxy) is 1. The molecule has 7 heteroatoms. The summed E-state index contributed by atoms with van der Waals surface area (Å²) in [6.07, 6.45) is 3.52. The van der Waals surface area contributed by atoms with Crippen molar-refractivity contribution in [2.24, 2.45) is 5.92 Å². The molecule has 0 unspecified atom stereocenters. The Hall–Kier alpha value is -2.67. The van der Waals surface area contributed by atoms with E-state index in [0.29, 0.717) is 28.7 Å². The number of carbonyl (C=O) groups excluding carboxylic acids is 1. The summed E-state index contributed by atoms with van der Waals surface area (Å²) >= 11 is 6.11. The van der Waals surface area contributed by atoms with Gasteiger partial charge in [-0.3, -0.25) is 9.69 Å². The highest BCUT2D eigenvalue weighted by Gasteiger charge is 2.22. The molecule has 0 bridgehead atoms. The molecule has 1 saturated heterocycles. The molecule has 0 spiro atoms. The van der Waals surface area contributed by atoms with Crippen molar-refractivity contribution in [3.05, 3.63) is 70.9 Å². The number of piperidine rings is 1. The van der Waals surface area contributed by atoms with Crippen LogP contribution in [0.1, 0.15) is 41.8 Å². The monoisotopic (exact) mass is 468 g/mol. The third-order valence-corrected chi connectivity index (χ3v) is 6.41. The maximum absolute atomic E-state index is 12.7. The number of halogens is 1. The van der Waals surface area contributed by atoms with Crippen molar-refractivity contribution in [3.8, 4) is 17.0 Å². The Morgan fingerprint density at radius 3 is 2.70 bits per heavy atom. The maximum atomic E-state index is 12.7. The molecule has 4 rings (SSSR count). The highest BCUT2D eigenvalue weighted by Crippen LogP contribution is 2.28. The predicted molar refractivity (Wildman–Crippen MR) is 128 cm³/mol. The molecular formula is C26H29ClN2O4. The molecule has 1 aliphatic rings. The second-order valence-corrected chi connectivity index (χ2v) is 8.85. The first-order chi connectivity index (χ1) is 16.1. The fourth-order valence-corrected chi connectivity index (χ4v) is 4.38. The summed E-state index contributed by atoms with van der Waals surface area (Å²) in [5, 5.41) is 13.6. The lowest BCUT2D eigenvalue weighted by atomic mass is 9.90. The van der Waals surface area contributed by atoms with E-state index in [2.05, 4.69) is 10.1 Å². The molecular weight excluding hydrogens is 440 g/mol. The van der Waals surface area contributed by atoms with Crippen LogP contribution in [-0.4, -0.2) is 47.2 Å². The van der Waals surface area contributed by atoms with Gasteiger partial charge in [-0.1, -0.05) is 47.1 Å². The van der Waals surface area contributed by atoms with Crippen LogP contribution in [0.2, 0.25) is 5.02 Å². The molecule has 0 saturated carbocycles. The van der Waals surface area contributed by atoms with Crippen LogP contribution in [0.4, 0.5) is 0 Å². The molecule has 1 aliphatic heterocycles. The topological polar surface area (TPSA) is 75.8 Å². The van der Waals surface area contributed by atoms with Crippen molar-refractivity contribution in [2.45, 2.75) is 32.2 Å². The van der Waals surface area contributed by atoms with Crippen LogP contribution in [0.3, 0.4) is 0 Å². The lowest BCUT2D eigenvalue weighted by molar-refractivity contribution is 0.0959. The highest BCUT2D eigenvalue weighted by molar-refractivity contribution is 6.32. The van der Waals surface area contributed by atoms with Crippen molar-refractivity contribution >= 4 is 17.4 Å². The number of aromatic nitrogens is 1. The lowest BCUT2D eigenvalue weighted by Gasteiger charge is -2.31. The number of benzene rings is 2. The smallest absolute Gasteiger partial charge is 0.163 e. The van der Waals surface area contributed by atoms with E-state index in [1.165, 1.54) is 0 Å². The van der Waals surface area contributed by atoms with Gasteiger partial charge in [-0.2, -0.15) is 0 Å². The summed E-state index contributed by atoms with van der Waals surface area (Å²) in [6.45, 7) is 2.78. The Balaban J connectivity index is 1.22. The molecule has 3 aromatic rings. The standard InChI is InChI=1S/C26H29ClN2O4/c27-23-8-7-21(16-26(23)32-15-14-30)25(31)9-6-19-10-12-29(13-11-19)18-22-17-24(28-33-22)20-4-2-1-3-5-20/h1-5,7-8,16-17,19,30H,6,9-15,18H2. The van der Waals surface area contributed by atoms with E-state index in [1.54, 1.807) is 18.2 Å². The molecule has 0 aliphatic carbocycles. The van der Waals surface area contributed by atoms with Gasteiger partial charge in [0, 0.05) is 23.6 Å². The summed E-state index contributed by atoms with van der Waals surface area (Å²) < 4.78 is 11.0. The zero-order chi connectivity index (χ0) is 23.0. The Labute approximate surface area is 199 Å². The van der Waals surface area contributed by atoms with Crippen LogP contribution < -0.4 is 4.74 Å². The van der Waals surface area contributed by atoms with Crippen LogP contribution in [0.25, 0.3) is 11.3 Å². The molecule has 1 fully saturated rings. The number of likely N-dealkylation sites (tertiary alicyclic amines) is 1. The van der Waals surface area contributed by atoms with E-state index in [4.69, 9.17) is 26.0 Å². The van der Waals surface area contributed by atoms with Gasteiger partial charge >= 0.3 is 0 Å². The largest absolute Gasteiger partial charge is 0.490 e. The molecule has 2 aromatic carbocycles. The fraction of sp³-hybridized carbons (Fsp3) is 0.385. The number of aliphatic hydroxyl groups is 1. The van der Waals surface area contributed by atoms with Crippen LogP contribution in [0.15, 0.2) is 59.1 Å². The van der Waals surface area contributed by atoms with Crippen LogP contribution in [-0.2, 0) is 6.54 Å². The van der Waals surface area contributed by atoms with E-state index in [0.717, 1.165) is 55.9 Å². The quantitative estimate of drug-likeness (QED) is 0.410. The van der Waals surface area contributed by atoms with Crippen molar-refractivity contribution in [1.82, 2.24) is 10.1 Å². The van der Waals surface area contributed by atoms with Crippen LogP contribution in [0, 0.1) is 5.92 Å². The normalized spacial score (nSPS) is 15.0. The molecule has 33 heavy (non-hydrogen) atoms.